The zero-order valence-electron chi connectivity index (χ0n) is 13.5. The van der Waals surface area contributed by atoms with Crippen molar-refractivity contribution in [3.63, 3.8) is 0 Å². The number of nitrogens with one attached hydrogen (secondary N) is 2. The molecule has 0 aliphatic rings. The fourth-order valence-corrected chi connectivity index (χ4v) is 2.27. The monoisotopic (exact) mass is 315 g/mol. The van der Waals surface area contributed by atoms with E-state index < -0.39 is 0 Å². The Kier molecular flexibility index (Phi) is 6.09. The van der Waals surface area contributed by atoms with Crippen LogP contribution in [0.5, 0.6) is 0 Å². The van der Waals surface area contributed by atoms with Crippen LogP contribution in [-0.2, 0) is 11.3 Å². The first-order valence-corrected chi connectivity index (χ1v) is 7.87. The highest BCUT2D eigenvalue weighted by Gasteiger charge is 2.14. The molecule has 0 saturated heterocycles. The van der Waals surface area contributed by atoms with Crippen molar-refractivity contribution in [1.29, 1.82) is 0 Å². The molecule has 0 radical (unpaired) electrons. The maximum absolute atomic E-state index is 12.8. The first kappa shape index (κ1) is 16.9. The molecular formula is C18H22FN3O. The molecule has 1 aromatic heterocycles. The van der Waals surface area contributed by atoms with Gasteiger partial charge in [0.05, 0.1) is 11.9 Å². The molecule has 2 rings (SSSR count). The largest absolute Gasteiger partial charge is 0.380 e. The van der Waals surface area contributed by atoms with Crippen molar-refractivity contribution in [3.8, 4) is 0 Å². The Hall–Kier alpha value is -2.43. The molecule has 0 spiro atoms. The third kappa shape index (κ3) is 5.06. The van der Waals surface area contributed by atoms with E-state index in [2.05, 4.69) is 15.6 Å². The van der Waals surface area contributed by atoms with Gasteiger partial charge < -0.3 is 10.6 Å². The molecule has 0 unspecified atom stereocenters. The molecule has 1 amide bonds. The molecule has 0 aliphatic heterocycles. The average Bonchev–Trinajstić information content (AvgIpc) is 2.57. The molecule has 0 bridgehead atoms. The molecule has 0 fully saturated rings. The Balaban J connectivity index is 1.89. The molecule has 2 aromatic rings. The lowest BCUT2D eigenvalue weighted by Gasteiger charge is -2.12. The predicted molar refractivity (Wildman–Crippen MR) is 90.7 cm³/mol. The summed E-state index contributed by atoms with van der Waals surface area (Å²) in [6.45, 7) is 4.59. The lowest BCUT2D eigenvalue weighted by molar-refractivity contribution is -0.120. The lowest BCUT2D eigenvalue weighted by Crippen LogP contribution is -2.22. The van der Waals surface area contributed by atoms with Crippen molar-refractivity contribution in [2.24, 2.45) is 5.92 Å². The summed E-state index contributed by atoms with van der Waals surface area (Å²) in [7, 11) is 0. The van der Waals surface area contributed by atoms with Gasteiger partial charge >= 0.3 is 0 Å². The number of amides is 1. The summed E-state index contributed by atoms with van der Waals surface area (Å²) in [5.74, 6) is 0.338. The molecule has 5 heteroatoms. The first-order chi connectivity index (χ1) is 11.1. The Bertz CT molecular complexity index is 622. The van der Waals surface area contributed by atoms with Gasteiger partial charge in [0.25, 0.3) is 0 Å². The van der Waals surface area contributed by atoms with Gasteiger partial charge in [-0.25, -0.2) is 9.37 Å². The quantitative estimate of drug-likeness (QED) is 0.805. The average molecular weight is 315 g/mol. The van der Waals surface area contributed by atoms with Crippen molar-refractivity contribution in [1.82, 2.24) is 4.98 Å². The van der Waals surface area contributed by atoms with Crippen LogP contribution in [0.4, 0.5) is 15.9 Å². The smallest absolute Gasteiger partial charge is 0.228 e. The zero-order valence-corrected chi connectivity index (χ0v) is 13.5. The van der Waals surface area contributed by atoms with Gasteiger partial charge in [0.15, 0.2) is 0 Å². The van der Waals surface area contributed by atoms with Gasteiger partial charge in [0.1, 0.15) is 11.6 Å². The van der Waals surface area contributed by atoms with Gasteiger partial charge in [-0.3, -0.25) is 4.79 Å². The second-order valence-electron chi connectivity index (χ2n) is 5.41. The fourth-order valence-electron chi connectivity index (χ4n) is 2.27. The third-order valence-electron chi connectivity index (χ3n) is 3.78. The number of anilines is 2. The zero-order chi connectivity index (χ0) is 16.7. The Morgan fingerprint density at radius 1 is 1.13 bits per heavy atom. The van der Waals surface area contributed by atoms with E-state index in [0.717, 1.165) is 24.1 Å². The van der Waals surface area contributed by atoms with Crippen LogP contribution in [0.15, 0.2) is 42.6 Å². The van der Waals surface area contributed by atoms with Crippen LogP contribution in [0.2, 0.25) is 0 Å². The normalized spacial score (nSPS) is 10.6. The van der Waals surface area contributed by atoms with Gasteiger partial charge in [0, 0.05) is 12.5 Å². The first-order valence-electron chi connectivity index (χ1n) is 7.87. The van der Waals surface area contributed by atoms with Crippen LogP contribution in [0.1, 0.15) is 32.3 Å². The van der Waals surface area contributed by atoms with Crippen molar-refractivity contribution in [3.05, 3.63) is 54.0 Å². The van der Waals surface area contributed by atoms with E-state index in [4.69, 9.17) is 0 Å². The highest BCUT2D eigenvalue weighted by atomic mass is 19.1. The Morgan fingerprint density at radius 2 is 1.83 bits per heavy atom. The summed E-state index contributed by atoms with van der Waals surface area (Å²) in [5.41, 5.74) is 1.83. The van der Waals surface area contributed by atoms with Gasteiger partial charge in [-0.05, 0) is 42.7 Å². The van der Waals surface area contributed by atoms with E-state index in [0.29, 0.717) is 12.4 Å². The van der Waals surface area contributed by atoms with Crippen molar-refractivity contribution in [2.75, 3.05) is 10.6 Å². The van der Waals surface area contributed by atoms with E-state index in [-0.39, 0.29) is 17.6 Å². The molecular weight excluding hydrogens is 293 g/mol. The number of benzene rings is 1. The van der Waals surface area contributed by atoms with Gasteiger partial charge in [-0.15, -0.1) is 0 Å². The van der Waals surface area contributed by atoms with Gasteiger partial charge in [-0.2, -0.15) is 0 Å². The number of halogens is 1. The number of hydrogen-bond donors (Lipinski definition) is 2. The van der Waals surface area contributed by atoms with Gasteiger partial charge in [0.2, 0.25) is 5.91 Å². The Labute approximate surface area is 136 Å². The highest BCUT2D eigenvalue weighted by Crippen LogP contribution is 2.14. The van der Waals surface area contributed by atoms with Crippen LogP contribution in [-0.4, -0.2) is 10.9 Å². The number of pyridine rings is 1. The second kappa shape index (κ2) is 8.27. The molecule has 122 valence electrons. The Morgan fingerprint density at radius 3 is 2.39 bits per heavy atom. The maximum Gasteiger partial charge on any atom is 0.228 e. The van der Waals surface area contributed by atoms with Crippen LogP contribution in [0.25, 0.3) is 0 Å². The van der Waals surface area contributed by atoms with E-state index in [9.17, 15) is 9.18 Å². The minimum atomic E-state index is -0.243. The summed E-state index contributed by atoms with van der Waals surface area (Å²) in [6, 6.07) is 9.98. The highest BCUT2D eigenvalue weighted by molar-refractivity contribution is 5.91. The second-order valence-corrected chi connectivity index (χ2v) is 5.41. The molecule has 23 heavy (non-hydrogen) atoms. The molecule has 2 N–H and O–H groups in total. The molecule has 0 saturated carbocycles. The summed E-state index contributed by atoms with van der Waals surface area (Å²) >= 11 is 0. The van der Waals surface area contributed by atoms with Crippen LogP contribution in [0, 0.1) is 11.7 Å². The van der Waals surface area contributed by atoms with Crippen molar-refractivity contribution >= 4 is 17.4 Å². The molecule has 0 atom stereocenters. The van der Waals surface area contributed by atoms with E-state index in [1.807, 2.05) is 19.9 Å². The maximum atomic E-state index is 12.8. The van der Waals surface area contributed by atoms with Crippen LogP contribution < -0.4 is 10.6 Å². The number of carbonyl (C=O) groups excluding carboxylic acids is 1. The van der Waals surface area contributed by atoms with Crippen LogP contribution in [0.3, 0.4) is 0 Å². The third-order valence-corrected chi connectivity index (χ3v) is 3.78. The minimum absolute atomic E-state index is 0.00882. The summed E-state index contributed by atoms with van der Waals surface area (Å²) in [4.78, 5) is 16.2. The number of rotatable bonds is 7. The minimum Gasteiger partial charge on any atom is -0.380 e. The number of aromatic nitrogens is 1. The van der Waals surface area contributed by atoms with E-state index in [1.165, 1.54) is 12.1 Å². The summed E-state index contributed by atoms with van der Waals surface area (Å²) in [6.07, 6.45) is 3.31. The summed E-state index contributed by atoms with van der Waals surface area (Å²) < 4.78 is 12.8. The number of carbonyl (C=O) groups is 1. The molecule has 1 aromatic carbocycles. The van der Waals surface area contributed by atoms with Crippen LogP contribution >= 0.6 is 0 Å². The van der Waals surface area contributed by atoms with Gasteiger partial charge in [-0.1, -0.05) is 26.0 Å². The predicted octanol–water partition coefficient (Wildman–Crippen LogP) is 4.21. The lowest BCUT2D eigenvalue weighted by atomic mass is 10.0. The molecule has 0 aliphatic carbocycles. The molecule has 1 heterocycles. The topological polar surface area (TPSA) is 54.0 Å². The SMILES string of the molecule is CCC(CC)C(=O)Nc1ccc(NCc2ccc(F)cc2)cn1. The van der Waals surface area contributed by atoms with Crippen molar-refractivity contribution < 1.29 is 9.18 Å². The summed E-state index contributed by atoms with van der Waals surface area (Å²) in [5, 5.41) is 6.04. The van der Waals surface area contributed by atoms with E-state index >= 15 is 0 Å². The molecule has 4 nitrogen and oxygen atoms in total. The number of hydrogen-bond acceptors (Lipinski definition) is 3. The fraction of sp³-hybridized carbons (Fsp3) is 0.333. The standard InChI is InChI=1S/C18H22FN3O/c1-3-14(4-2)18(23)22-17-10-9-16(12-21-17)20-11-13-5-7-15(19)8-6-13/h5-10,12,14,20H,3-4,11H2,1-2H3,(H,21,22,23). The number of nitrogens with zero attached hydrogens (tertiary/aromatic N) is 1. The van der Waals surface area contributed by atoms with Crippen molar-refractivity contribution in [2.45, 2.75) is 33.2 Å². The van der Waals surface area contributed by atoms with E-state index in [1.54, 1.807) is 24.4 Å².